The van der Waals surface area contributed by atoms with Crippen molar-refractivity contribution in [2.45, 2.75) is 43.5 Å². The molecule has 220 valence electrons. The van der Waals surface area contributed by atoms with Crippen molar-refractivity contribution in [1.82, 2.24) is 19.9 Å². The van der Waals surface area contributed by atoms with Crippen LogP contribution in [-0.2, 0) is 0 Å². The van der Waals surface area contributed by atoms with Gasteiger partial charge >= 0.3 is 6.01 Å². The van der Waals surface area contributed by atoms with E-state index in [0.717, 1.165) is 30.2 Å². The van der Waals surface area contributed by atoms with Crippen LogP contribution >= 0.6 is 0 Å². The van der Waals surface area contributed by atoms with Crippen LogP contribution in [0, 0.1) is 11.7 Å². The first-order valence-electron chi connectivity index (χ1n) is 14.5. The van der Waals surface area contributed by atoms with E-state index in [9.17, 15) is 19.7 Å². The molecule has 2 aromatic heterocycles. The first-order chi connectivity index (χ1) is 20.3. The van der Waals surface area contributed by atoms with Gasteiger partial charge in [-0.15, -0.1) is 0 Å². The summed E-state index contributed by atoms with van der Waals surface area (Å²) in [6, 6.07) is 10.4. The molecule has 0 bridgehead atoms. The highest BCUT2D eigenvalue weighted by molar-refractivity contribution is 5.99. The number of piperidine rings is 1. The summed E-state index contributed by atoms with van der Waals surface area (Å²) in [6.45, 7) is 1.93. The number of hydrogen-bond donors (Lipinski definition) is 3. The van der Waals surface area contributed by atoms with E-state index in [-0.39, 0.29) is 48.6 Å². The fourth-order valence-corrected chi connectivity index (χ4v) is 7.04. The third kappa shape index (κ3) is 4.60. The van der Waals surface area contributed by atoms with E-state index in [1.807, 2.05) is 29.2 Å². The molecular formula is C31H33F2N5O4. The third-order valence-electron chi connectivity index (χ3n) is 9.23. The molecule has 4 aromatic rings. The lowest BCUT2D eigenvalue weighted by Gasteiger charge is -2.36. The quantitative estimate of drug-likeness (QED) is 0.315. The monoisotopic (exact) mass is 577 g/mol. The Bertz CT molecular complexity index is 1660. The Morgan fingerprint density at radius 1 is 1.10 bits per heavy atom. The fraction of sp³-hybridized carbons (Fsp3) is 0.452. The number of aliphatic hydroxyl groups excluding tert-OH is 2. The molecule has 2 unspecified atom stereocenters. The minimum Gasteiger partial charge on any atom is -0.508 e. The van der Waals surface area contributed by atoms with Crippen molar-refractivity contribution >= 4 is 27.5 Å². The van der Waals surface area contributed by atoms with Crippen LogP contribution in [0.1, 0.15) is 25.7 Å². The molecule has 0 radical (unpaired) electrons. The molecule has 0 saturated carbocycles. The molecule has 3 saturated heterocycles. The molecule has 11 heteroatoms. The van der Waals surface area contributed by atoms with Crippen LogP contribution < -0.4 is 9.64 Å². The number of alkyl halides is 1. The molecule has 4 atom stereocenters. The molecule has 0 amide bonds. The number of aromatic hydroxyl groups is 1. The Morgan fingerprint density at radius 3 is 2.79 bits per heavy atom. The second-order valence-corrected chi connectivity index (χ2v) is 11.8. The van der Waals surface area contributed by atoms with Crippen LogP contribution in [0.15, 0.2) is 42.6 Å². The molecule has 3 fully saturated rings. The number of rotatable bonds is 6. The van der Waals surface area contributed by atoms with E-state index in [2.05, 4.69) is 19.9 Å². The number of phenolic OH excluding ortho intramolecular Hbond substituents is 1. The highest BCUT2D eigenvalue weighted by Crippen LogP contribution is 2.41. The van der Waals surface area contributed by atoms with Crippen molar-refractivity contribution in [3.8, 4) is 23.0 Å². The van der Waals surface area contributed by atoms with Crippen molar-refractivity contribution in [3.05, 3.63) is 48.4 Å². The van der Waals surface area contributed by atoms with Gasteiger partial charge in [0.05, 0.1) is 17.0 Å². The molecule has 5 heterocycles. The van der Waals surface area contributed by atoms with Gasteiger partial charge < -0.3 is 25.0 Å². The van der Waals surface area contributed by atoms with Crippen molar-refractivity contribution in [1.29, 1.82) is 0 Å². The maximum atomic E-state index is 16.5. The predicted molar refractivity (Wildman–Crippen MR) is 154 cm³/mol. The summed E-state index contributed by atoms with van der Waals surface area (Å²) in [5, 5.41) is 32.5. The van der Waals surface area contributed by atoms with Gasteiger partial charge in [-0.3, -0.25) is 9.88 Å². The SMILES string of the molecule is OCC1CCN(c2nc(OC[C@@]34CCCN3C[C@H](F)C4)nc3c(F)c(-c4cc(O)cc5ccccc45)ncc23)CC1O. The minimum atomic E-state index is -0.917. The Kier molecular flexibility index (Phi) is 6.83. The normalized spacial score (nSPS) is 26.3. The number of benzene rings is 2. The minimum absolute atomic E-state index is 0.00163. The summed E-state index contributed by atoms with van der Waals surface area (Å²) in [4.78, 5) is 17.6. The standard InChI is InChI=1S/C31H33F2N5O4/c32-20-12-31(7-3-8-38(31)14-20)17-42-30-35-28-24(29(36-30)37-9-6-19(16-39)25(41)15-37)13-34-27(26(28)33)23-11-21(40)10-18-4-1-2-5-22(18)23/h1-2,4-5,10-11,13,19-20,25,39-41H,3,6-9,12,14-17H2/t19?,20-,25?,31+/m1/s1. The number of ether oxygens (including phenoxy) is 1. The zero-order valence-corrected chi connectivity index (χ0v) is 23.1. The van der Waals surface area contributed by atoms with Crippen LogP contribution in [0.2, 0.25) is 0 Å². The van der Waals surface area contributed by atoms with E-state index < -0.39 is 23.6 Å². The summed E-state index contributed by atoms with van der Waals surface area (Å²) in [5.74, 6) is -0.581. The Morgan fingerprint density at radius 2 is 1.95 bits per heavy atom. The van der Waals surface area contributed by atoms with E-state index in [0.29, 0.717) is 42.7 Å². The summed E-state index contributed by atoms with van der Waals surface area (Å²) in [5.41, 5.74) is 0.0190. The molecule has 3 aliphatic heterocycles. The van der Waals surface area contributed by atoms with Gasteiger partial charge in [0.25, 0.3) is 0 Å². The second-order valence-electron chi connectivity index (χ2n) is 11.8. The topological polar surface area (TPSA) is 115 Å². The maximum absolute atomic E-state index is 16.5. The molecule has 0 spiro atoms. The fourth-order valence-electron chi connectivity index (χ4n) is 7.04. The molecule has 0 aliphatic carbocycles. The third-order valence-corrected chi connectivity index (χ3v) is 9.23. The van der Waals surface area contributed by atoms with E-state index in [4.69, 9.17) is 4.74 Å². The summed E-state index contributed by atoms with van der Waals surface area (Å²) in [6.07, 6.45) is 2.47. The second kappa shape index (κ2) is 10.6. The van der Waals surface area contributed by atoms with Gasteiger partial charge in [-0.1, -0.05) is 24.3 Å². The van der Waals surface area contributed by atoms with E-state index in [1.54, 1.807) is 6.07 Å². The number of aromatic nitrogens is 3. The van der Waals surface area contributed by atoms with Gasteiger partial charge in [-0.25, -0.2) is 8.78 Å². The molecule has 3 aliphatic rings. The summed E-state index contributed by atoms with van der Waals surface area (Å²) in [7, 11) is 0. The number of fused-ring (bicyclic) bond motifs is 3. The number of aliphatic hydroxyl groups is 2. The molecule has 3 N–H and O–H groups in total. The van der Waals surface area contributed by atoms with E-state index >= 15 is 4.39 Å². The van der Waals surface area contributed by atoms with Crippen molar-refractivity contribution in [3.63, 3.8) is 0 Å². The van der Waals surface area contributed by atoms with Crippen molar-refractivity contribution in [2.24, 2.45) is 5.92 Å². The summed E-state index contributed by atoms with van der Waals surface area (Å²) < 4.78 is 37.0. The smallest absolute Gasteiger partial charge is 0.319 e. The Hall–Kier alpha value is -3.67. The number of nitrogens with zero attached hydrogens (tertiary/aromatic N) is 5. The number of hydrogen-bond acceptors (Lipinski definition) is 9. The van der Waals surface area contributed by atoms with Gasteiger partial charge in [0, 0.05) is 50.3 Å². The van der Waals surface area contributed by atoms with Gasteiger partial charge in [-0.2, -0.15) is 9.97 Å². The molecule has 7 rings (SSSR count). The van der Waals surface area contributed by atoms with Crippen LogP contribution in [0.4, 0.5) is 14.6 Å². The van der Waals surface area contributed by atoms with Crippen LogP contribution in [0.5, 0.6) is 11.8 Å². The average molecular weight is 578 g/mol. The largest absolute Gasteiger partial charge is 0.508 e. The number of halogens is 2. The Balaban J connectivity index is 1.33. The zero-order valence-electron chi connectivity index (χ0n) is 23.1. The number of pyridine rings is 1. The molecule has 9 nitrogen and oxygen atoms in total. The first kappa shape index (κ1) is 27.2. The Labute approximate surface area is 241 Å². The number of phenols is 1. The lowest BCUT2D eigenvalue weighted by molar-refractivity contribution is 0.0546. The van der Waals surface area contributed by atoms with Gasteiger partial charge in [0.2, 0.25) is 0 Å². The van der Waals surface area contributed by atoms with Gasteiger partial charge in [-0.05, 0) is 48.7 Å². The van der Waals surface area contributed by atoms with Crippen molar-refractivity contribution < 1.29 is 28.8 Å². The average Bonchev–Trinajstić information content (AvgIpc) is 3.51. The van der Waals surface area contributed by atoms with Crippen LogP contribution in [-0.4, -0.2) is 92.4 Å². The zero-order chi connectivity index (χ0) is 29.0. The molecule has 2 aromatic carbocycles. The lowest BCUT2D eigenvalue weighted by atomic mass is 9.94. The summed E-state index contributed by atoms with van der Waals surface area (Å²) >= 11 is 0. The van der Waals surface area contributed by atoms with Crippen LogP contribution in [0.25, 0.3) is 32.9 Å². The maximum Gasteiger partial charge on any atom is 0.319 e. The first-order valence-corrected chi connectivity index (χ1v) is 14.5. The lowest BCUT2D eigenvalue weighted by Crippen LogP contribution is -2.45. The molecular weight excluding hydrogens is 544 g/mol. The highest BCUT2D eigenvalue weighted by atomic mass is 19.1. The van der Waals surface area contributed by atoms with E-state index in [1.165, 1.54) is 12.3 Å². The predicted octanol–water partition coefficient (Wildman–Crippen LogP) is 3.82. The number of β-amino-alcohol motifs (C(OH)–C–C–N with tert-alkyl or cyclic N) is 1. The molecule has 42 heavy (non-hydrogen) atoms. The van der Waals surface area contributed by atoms with Crippen LogP contribution in [0.3, 0.4) is 0 Å². The number of anilines is 1. The van der Waals surface area contributed by atoms with Gasteiger partial charge in [0.1, 0.15) is 35.6 Å². The van der Waals surface area contributed by atoms with Crippen molar-refractivity contribution in [2.75, 3.05) is 44.3 Å². The van der Waals surface area contributed by atoms with Gasteiger partial charge in [0.15, 0.2) is 5.82 Å². The highest BCUT2D eigenvalue weighted by Gasteiger charge is 2.49.